The zero-order valence-corrected chi connectivity index (χ0v) is 28.7. The molecule has 11 nitrogen and oxygen atoms in total. The highest BCUT2D eigenvalue weighted by molar-refractivity contribution is 6.24. The lowest BCUT2D eigenvalue weighted by atomic mass is 9.99. The minimum atomic E-state index is -0.611. The van der Waals surface area contributed by atoms with Gasteiger partial charge in [-0.2, -0.15) is 0 Å². The molecule has 256 valence electrons. The average molecular weight is 666 g/mol. The summed E-state index contributed by atoms with van der Waals surface area (Å²) < 4.78 is 16.2. The number of nitrogens with zero attached hydrogens (tertiary/aromatic N) is 4. The van der Waals surface area contributed by atoms with E-state index in [1.165, 1.54) is 10.5 Å². The van der Waals surface area contributed by atoms with Crippen LogP contribution in [0.25, 0.3) is 0 Å². The third-order valence-electron chi connectivity index (χ3n) is 9.71. The Bertz CT molecular complexity index is 1810. The summed E-state index contributed by atoms with van der Waals surface area (Å²) in [4.78, 5) is 47.5. The van der Waals surface area contributed by atoms with Crippen LogP contribution in [0, 0.1) is 13.8 Å². The molecule has 0 saturated carbocycles. The molecule has 2 aliphatic heterocycles. The standard InChI is InChI=1S/C38H43N5O6/c1-24-34(26(3)49-40-24)36(44)39-18-10-15-30(28-16-17-32(47-4)33(23-28)48-5)43-37(45)29-13-9-14-31(35(29)38(43)46)42-21-19-41(20-22-42)25(2)27-11-7-6-8-12-27/h6-9,11-14,16-17,23,25,30H,10,15,18-22H2,1-5H3,(H,39,44)/t25-,30-/m1/s1. The van der Waals surface area contributed by atoms with Crippen LogP contribution in [0.15, 0.2) is 71.3 Å². The van der Waals surface area contributed by atoms with E-state index >= 15 is 0 Å². The van der Waals surface area contributed by atoms with Crippen LogP contribution in [0.4, 0.5) is 5.69 Å². The number of fused-ring (bicyclic) bond motifs is 1. The molecule has 2 atom stereocenters. The van der Waals surface area contributed by atoms with Crippen LogP contribution in [0.2, 0.25) is 0 Å². The fraction of sp³-hybridized carbons (Fsp3) is 0.368. The van der Waals surface area contributed by atoms with Gasteiger partial charge in [0.1, 0.15) is 11.3 Å². The summed E-state index contributed by atoms with van der Waals surface area (Å²) in [5, 5.41) is 6.81. The number of carbonyl (C=O) groups is 3. The first kappa shape index (κ1) is 33.7. The molecule has 3 aromatic carbocycles. The number of amides is 3. The fourth-order valence-electron chi connectivity index (χ4n) is 7.02. The average Bonchev–Trinajstić information content (AvgIpc) is 3.61. The second-order valence-electron chi connectivity index (χ2n) is 12.5. The summed E-state index contributed by atoms with van der Waals surface area (Å²) in [6.45, 7) is 9.11. The van der Waals surface area contributed by atoms with Crippen molar-refractivity contribution in [3.8, 4) is 11.5 Å². The van der Waals surface area contributed by atoms with Crippen molar-refractivity contribution < 1.29 is 28.4 Å². The zero-order valence-electron chi connectivity index (χ0n) is 28.7. The minimum Gasteiger partial charge on any atom is -0.493 e. The number of imide groups is 1. The Balaban J connectivity index is 1.23. The Morgan fingerprint density at radius 3 is 2.31 bits per heavy atom. The van der Waals surface area contributed by atoms with E-state index in [-0.39, 0.29) is 23.8 Å². The van der Waals surface area contributed by atoms with Crippen molar-refractivity contribution >= 4 is 23.4 Å². The van der Waals surface area contributed by atoms with Crippen LogP contribution in [0.3, 0.4) is 0 Å². The zero-order chi connectivity index (χ0) is 34.7. The van der Waals surface area contributed by atoms with E-state index in [9.17, 15) is 14.4 Å². The molecule has 4 aromatic rings. The van der Waals surface area contributed by atoms with Gasteiger partial charge in [0.25, 0.3) is 17.7 Å². The fourth-order valence-corrected chi connectivity index (χ4v) is 7.02. The molecule has 0 spiro atoms. The van der Waals surface area contributed by atoms with E-state index in [0.717, 1.165) is 37.4 Å². The summed E-state index contributed by atoms with van der Waals surface area (Å²) in [7, 11) is 3.11. The van der Waals surface area contributed by atoms with Crippen LogP contribution in [-0.2, 0) is 0 Å². The van der Waals surface area contributed by atoms with Crippen molar-refractivity contribution in [2.24, 2.45) is 0 Å². The van der Waals surface area contributed by atoms with Gasteiger partial charge in [0.05, 0.1) is 42.8 Å². The van der Waals surface area contributed by atoms with Crippen molar-refractivity contribution in [3.05, 3.63) is 106 Å². The molecule has 1 fully saturated rings. The highest BCUT2D eigenvalue weighted by Crippen LogP contribution is 2.40. The van der Waals surface area contributed by atoms with E-state index in [0.29, 0.717) is 59.0 Å². The van der Waals surface area contributed by atoms with Crippen molar-refractivity contribution in [1.29, 1.82) is 0 Å². The van der Waals surface area contributed by atoms with Gasteiger partial charge in [0, 0.05) is 38.8 Å². The van der Waals surface area contributed by atoms with Crippen LogP contribution in [0.1, 0.15) is 85.5 Å². The summed E-state index contributed by atoms with van der Waals surface area (Å²) in [6.07, 6.45) is 0.907. The van der Waals surface area contributed by atoms with Crippen LogP contribution in [-0.4, -0.2) is 79.6 Å². The monoisotopic (exact) mass is 665 g/mol. The number of hydrogen-bond donors (Lipinski definition) is 1. The molecular formula is C38H43N5O6. The largest absolute Gasteiger partial charge is 0.493 e. The third kappa shape index (κ3) is 6.63. The number of hydrogen-bond acceptors (Lipinski definition) is 9. The number of rotatable bonds is 12. The molecule has 0 bridgehead atoms. The predicted octanol–water partition coefficient (Wildman–Crippen LogP) is 5.74. The number of nitrogens with one attached hydrogen (secondary N) is 1. The molecule has 0 aliphatic carbocycles. The maximum Gasteiger partial charge on any atom is 0.264 e. The lowest BCUT2D eigenvalue weighted by Gasteiger charge is -2.39. The second kappa shape index (κ2) is 14.5. The SMILES string of the molecule is COc1ccc([C@@H](CCCNC(=O)c2c(C)noc2C)N2C(=O)c3cccc(N4CCN([C@H](C)c5ccccc5)CC4)c3C2=O)cc1OC. The van der Waals surface area contributed by atoms with E-state index in [1.807, 2.05) is 30.3 Å². The number of methoxy groups -OCH3 is 2. The normalized spacial score (nSPS) is 16.0. The molecule has 11 heteroatoms. The predicted molar refractivity (Wildman–Crippen MR) is 185 cm³/mol. The Morgan fingerprint density at radius 1 is 0.898 bits per heavy atom. The number of aromatic nitrogens is 1. The van der Waals surface area contributed by atoms with Crippen molar-refractivity contribution in [2.45, 2.75) is 45.7 Å². The Labute approximate surface area is 286 Å². The number of benzene rings is 3. The molecule has 1 N–H and O–H groups in total. The summed E-state index contributed by atoms with van der Waals surface area (Å²) in [5.74, 6) is 0.557. The maximum absolute atomic E-state index is 14.4. The first-order chi connectivity index (χ1) is 23.7. The molecule has 0 radical (unpaired) electrons. The molecular weight excluding hydrogens is 622 g/mol. The second-order valence-corrected chi connectivity index (χ2v) is 12.5. The highest BCUT2D eigenvalue weighted by Gasteiger charge is 2.43. The van der Waals surface area contributed by atoms with E-state index < -0.39 is 6.04 Å². The Kier molecular flexibility index (Phi) is 10.0. The Hall–Kier alpha value is -5.16. The number of aryl methyl sites for hydroxylation is 2. The van der Waals surface area contributed by atoms with E-state index in [2.05, 4.69) is 51.5 Å². The van der Waals surface area contributed by atoms with E-state index in [1.54, 1.807) is 40.2 Å². The molecule has 1 aromatic heterocycles. The summed E-state index contributed by atoms with van der Waals surface area (Å²) >= 11 is 0. The van der Waals surface area contributed by atoms with Crippen LogP contribution in [0.5, 0.6) is 11.5 Å². The van der Waals surface area contributed by atoms with Gasteiger partial charge in [-0.05, 0) is 69.0 Å². The van der Waals surface area contributed by atoms with Gasteiger partial charge in [0.2, 0.25) is 0 Å². The number of ether oxygens (including phenoxy) is 2. The van der Waals surface area contributed by atoms with Crippen LogP contribution >= 0.6 is 0 Å². The molecule has 1 saturated heterocycles. The minimum absolute atomic E-state index is 0.275. The lowest BCUT2D eigenvalue weighted by molar-refractivity contribution is 0.0570. The van der Waals surface area contributed by atoms with Gasteiger partial charge in [0.15, 0.2) is 11.5 Å². The van der Waals surface area contributed by atoms with Gasteiger partial charge in [-0.25, -0.2) is 0 Å². The molecule has 6 rings (SSSR count). The lowest BCUT2D eigenvalue weighted by Crippen LogP contribution is -2.47. The molecule has 2 aliphatic rings. The van der Waals surface area contributed by atoms with Crippen molar-refractivity contribution in [3.63, 3.8) is 0 Å². The van der Waals surface area contributed by atoms with Gasteiger partial charge < -0.3 is 24.2 Å². The van der Waals surface area contributed by atoms with Gasteiger partial charge in [-0.1, -0.05) is 47.6 Å². The van der Waals surface area contributed by atoms with Crippen molar-refractivity contribution in [1.82, 2.24) is 20.3 Å². The first-order valence-corrected chi connectivity index (χ1v) is 16.7. The quantitative estimate of drug-likeness (QED) is 0.149. The maximum atomic E-state index is 14.4. The molecule has 0 unspecified atom stereocenters. The van der Waals surface area contributed by atoms with Gasteiger partial charge in [-0.15, -0.1) is 0 Å². The summed E-state index contributed by atoms with van der Waals surface area (Å²) in [6, 6.07) is 21.1. The number of anilines is 1. The van der Waals surface area contributed by atoms with Crippen LogP contribution < -0.4 is 19.7 Å². The Morgan fingerprint density at radius 2 is 1.63 bits per heavy atom. The van der Waals surface area contributed by atoms with Crippen molar-refractivity contribution in [2.75, 3.05) is 51.8 Å². The van der Waals surface area contributed by atoms with E-state index in [4.69, 9.17) is 14.0 Å². The molecule has 3 amide bonds. The number of carbonyl (C=O) groups excluding carboxylic acids is 3. The smallest absolute Gasteiger partial charge is 0.264 e. The highest BCUT2D eigenvalue weighted by atomic mass is 16.5. The van der Waals surface area contributed by atoms with Gasteiger partial charge >= 0.3 is 0 Å². The van der Waals surface area contributed by atoms with Gasteiger partial charge in [-0.3, -0.25) is 24.2 Å². The molecule has 49 heavy (non-hydrogen) atoms. The number of piperazine rings is 1. The third-order valence-corrected chi connectivity index (χ3v) is 9.71. The topological polar surface area (TPSA) is 117 Å². The first-order valence-electron chi connectivity index (χ1n) is 16.7. The molecule has 3 heterocycles. The summed E-state index contributed by atoms with van der Waals surface area (Å²) in [5.41, 5.74) is 4.57.